The third kappa shape index (κ3) is 5.03. The summed E-state index contributed by atoms with van der Waals surface area (Å²) in [6.07, 6.45) is 0. The van der Waals surface area contributed by atoms with Crippen molar-refractivity contribution in [3.05, 3.63) is 12.3 Å². The second-order valence-corrected chi connectivity index (χ2v) is 1.61. The molecule has 0 spiro atoms. The van der Waals surface area contributed by atoms with Gasteiger partial charge in [0.15, 0.2) is 0 Å². The molecule has 0 saturated carbocycles. The first-order valence-electron chi connectivity index (χ1n) is 2.52. The Morgan fingerprint density at radius 3 is 2.56 bits per heavy atom. The average Bonchev–Trinajstić information content (AvgIpc) is 1.63. The second-order valence-electron chi connectivity index (χ2n) is 1.61. The molecule has 0 N–H and O–H groups in total. The molecule has 9 heavy (non-hydrogen) atoms. The molecule has 0 aromatic heterocycles. The monoisotopic (exact) mass is 130 g/mol. The molecule has 0 amide bonds. The van der Waals surface area contributed by atoms with Crippen molar-refractivity contribution in [2.75, 3.05) is 13.7 Å². The molecule has 0 heterocycles. The lowest BCUT2D eigenvalue weighted by Crippen LogP contribution is -2.09. The minimum atomic E-state index is -0.412. The van der Waals surface area contributed by atoms with Gasteiger partial charge >= 0.3 is 5.97 Å². The summed E-state index contributed by atoms with van der Waals surface area (Å²) in [6, 6.07) is 0. The molecule has 52 valence electrons. The van der Waals surface area contributed by atoms with Gasteiger partial charge in [0.1, 0.15) is 6.61 Å². The zero-order chi connectivity index (χ0) is 7.28. The van der Waals surface area contributed by atoms with Crippen molar-refractivity contribution in [1.82, 2.24) is 0 Å². The Morgan fingerprint density at radius 1 is 1.67 bits per heavy atom. The molecule has 0 radical (unpaired) electrons. The summed E-state index contributed by atoms with van der Waals surface area (Å²) in [5.41, 5.74) is 0. The van der Waals surface area contributed by atoms with Crippen LogP contribution >= 0.6 is 0 Å². The number of ether oxygens (including phenoxy) is 2. The molecule has 0 aliphatic rings. The maximum atomic E-state index is 10.4. The van der Waals surface area contributed by atoms with E-state index in [0.717, 1.165) is 0 Å². The maximum Gasteiger partial charge on any atom is 0.337 e. The molecule has 3 heteroatoms. The van der Waals surface area contributed by atoms with E-state index in [1.54, 1.807) is 6.92 Å². The lowest BCUT2D eigenvalue weighted by Gasteiger charge is -1.99. The van der Waals surface area contributed by atoms with Gasteiger partial charge in [-0.3, -0.25) is 0 Å². The average molecular weight is 130 g/mol. The van der Waals surface area contributed by atoms with Crippen LogP contribution in [0, 0.1) is 0 Å². The van der Waals surface area contributed by atoms with E-state index in [2.05, 4.69) is 16.1 Å². The van der Waals surface area contributed by atoms with Gasteiger partial charge in [-0.2, -0.15) is 0 Å². The first kappa shape index (κ1) is 8.17. The van der Waals surface area contributed by atoms with Gasteiger partial charge in [0.25, 0.3) is 0 Å². The summed E-state index contributed by atoms with van der Waals surface area (Å²) < 4.78 is 9.02. The van der Waals surface area contributed by atoms with Crippen molar-refractivity contribution in [1.29, 1.82) is 0 Å². The topological polar surface area (TPSA) is 35.5 Å². The van der Waals surface area contributed by atoms with Crippen molar-refractivity contribution in [2.45, 2.75) is 6.92 Å². The quantitative estimate of drug-likeness (QED) is 0.417. The Kier molecular flexibility index (Phi) is 3.71. The fourth-order valence-electron chi connectivity index (χ4n) is 0.342. The van der Waals surface area contributed by atoms with Crippen LogP contribution in [0.25, 0.3) is 0 Å². The van der Waals surface area contributed by atoms with Crippen molar-refractivity contribution in [3.8, 4) is 0 Å². The number of esters is 1. The lowest BCUT2D eigenvalue weighted by atomic mass is 10.6. The summed E-state index contributed by atoms with van der Waals surface area (Å²) in [5.74, 6) is -0.0259. The van der Waals surface area contributed by atoms with Gasteiger partial charge in [-0.25, -0.2) is 4.79 Å². The van der Waals surface area contributed by atoms with Crippen LogP contribution in [0.2, 0.25) is 0 Å². The zero-order valence-electron chi connectivity index (χ0n) is 5.64. The standard InChI is InChI=1S/C6H10O3/c1-5(2)9-6(7)4-8-3/h1,4H2,2-3H3. The van der Waals surface area contributed by atoms with Gasteiger partial charge < -0.3 is 9.47 Å². The minimum absolute atomic E-state index is 0.0210. The van der Waals surface area contributed by atoms with Crippen LogP contribution in [0.1, 0.15) is 6.92 Å². The van der Waals surface area contributed by atoms with Crippen LogP contribution in [0.5, 0.6) is 0 Å². The number of rotatable bonds is 3. The van der Waals surface area contributed by atoms with Crippen LogP contribution in [0.3, 0.4) is 0 Å². The fraction of sp³-hybridized carbons (Fsp3) is 0.500. The number of methoxy groups -OCH3 is 1. The molecule has 0 bridgehead atoms. The fourth-order valence-corrected chi connectivity index (χ4v) is 0.342. The Balaban J connectivity index is 3.39. The van der Waals surface area contributed by atoms with Crippen molar-refractivity contribution >= 4 is 5.97 Å². The highest BCUT2D eigenvalue weighted by atomic mass is 16.6. The molecule has 0 saturated heterocycles. The van der Waals surface area contributed by atoms with Crippen molar-refractivity contribution in [2.24, 2.45) is 0 Å². The first-order chi connectivity index (χ1) is 4.16. The van der Waals surface area contributed by atoms with E-state index in [-0.39, 0.29) is 6.61 Å². The molecule has 0 fully saturated rings. The van der Waals surface area contributed by atoms with E-state index in [9.17, 15) is 4.79 Å². The highest BCUT2D eigenvalue weighted by Gasteiger charge is 1.99. The van der Waals surface area contributed by atoms with Gasteiger partial charge in [-0.1, -0.05) is 6.58 Å². The van der Waals surface area contributed by atoms with Gasteiger partial charge in [0, 0.05) is 7.11 Å². The third-order valence-electron chi connectivity index (χ3n) is 0.550. The normalized spacial score (nSPS) is 8.67. The van der Waals surface area contributed by atoms with Crippen molar-refractivity contribution in [3.63, 3.8) is 0 Å². The molecule has 0 aromatic rings. The largest absolute Gasteiger partial charge is 0.430 e. The predicted octanol–water partition coefficient (Wildman–Crippen LogP) is 0.710. The minimum Gasteiger partial charge on any atom is -0.430 e. The SMILES string of the molecule is C=C(C)OC(=O)COC. The van der Waals surface area contributed by atoms with E-state index >= 15 is 0 Å². The molecular weight excluding hydrogens is 120 g/mol. The van der Waals surface area contributed by atoms with Gasteiger partial charge in [-0.05, 0) is 6.92 Å². The van der Waals surface area contributed by atoms with Gasteiger partial charge in [-0.15, -0.1) is 0 Å². The van der Waals surface area contributed by atoms with E-state index < -0.39 is 5.97 Å². The first-order valence-corrected chi connectivity index (χ1v) is 2.52. The number of carbonyl (C=O) groups is 1. The highest BCUT2D eigenvalue weighted by molar-refractivity contribution is 5.71. The Morgan fingerprint density at radius 2 is 2.22 bits per heavy atom. The van der Waals surface area contributed by atoms with Gasteiger partial charge in [0.2, 0.25) is 0 Å². The summed E-state index contributed by atoms with van der Waals surface area (Å²) in [6.45, 7) is 4.96. The molecule has 0 unspecified atom stereocenters. The van der Waals surface area contributed by atoms with Crippen LogP contribution in [0.4, 0.5) is 0 Å². The summed E-state index contributed by atoms with van der Waals surface area (Å²) in [7, 11) is 1.43. The van der Waals surface area contributed by atoms with Crippen LogP contribution < -0.4 is 0 Å². The number of allylic oxidation sites excluding steroid dienone is 1. The third-order valence-corrected chi connectivity index (χ3v) is 0.550. The van der Waals surface area contributed by atoms with E-state index in [1.807, 2.05) is 0 Å². The van der Waals surface area contributed by atoms with Crippen molar-refractivity contribution < 1.29 is 14.3 Å². The molecule has 3 nitrogen and oxygen atoms in total. The Hall–Kier alpha value is -0.830. The summed E-state index contributed by atoms with van der Waals surface area (Å²) in [4.78, 5) is 10.4. The van der Waals surface area contributed by atoms with E-state index in [4.69, 9.17) is 0 Å². The van der Waals surface area contributed by atoms with Crippen LogP contribution in [-0.4, -0.2) is 19.7 Å². The molecule has 0 atom stereocenters. The number of carbonyl (C=O) groups excluding carboxylic acids is 1. The van der Waals surface area contributed by atoms with E-state index in [0.29, 0.717) is 5.76 Å². The lowest BCUT2D eigenvalue weighted by molar-refractivity contribution is -0.143. The second kappa shape index (κ2) is 4.09. The molecule has 0 rings (SSSR count). The Bertz CT molecular complexity index is 117. The molecule has 0 aliphatic carbocycles. The van der Waals surface area contributed by atoms with Gasteiger partial charge in [0.05, 0.1) is 5.76 Å². The predicted molar refractivity (Wildman–Crippen MR) is 32.8 cm³/mol. The smallest absolute Gasteiger partial charge is 0.337 e. The molecule has 0 aromatic carbocycles. The van der Waals surface area contributed by atoms with E-state index in [1.165, 1.54) is 7.11 Å². The number of hydrogen-bond acceptors (Lipinski definition) is 3. The van der Waals surface area contributed by atoms with Crippen LogP contribution in [0.15, 0.2) is 12.3 Å². The summed E-state index contributed by atoms with van der Waals surface area (Å²) in [5, 5.41) is 0. The molecule has 0 aliphatic heterocycles. The maximum absolute atomic E-state index is 10.4. The highest BCUT2D eigenvalue weighted by Crippen LogP contribution is 1.90. The zero-order valence-corrected chi connectivity index (χ0v) is 5.64. The number of hydrogen-bond donors (Lipinski definition) is 0. The summed E-state index contributed by atoms with van der Waals surface area (Å²) >= 11 is 0. The Labute approximate surface area is 54.3 Å². The van der Waals surface area contributed by atoms with Crippen LogP contribution in [-0.2, 0) is 14.3 Å². The molecular formula is C6H10O3.